The molecule has 1 heterocycles. The molecule has 16 heavy (non-hydrogen) atoms. The summed E-state index contributed by atoms with van der Waals surface area (Å²) in [6.07, 6.45) is 2.45. The lowest BCUT2D eigenvalue weighted by molar-refractivity contribution is 0.0942. The summed E-state index contributed by atoms with van der Waals surface area (Å²) < 4.78 is 4.95. The third-order valence-electron chi connectivity index (χ3n) is 2.06. The van der Waals surface area contributed by atoms with Gasteiger partial charge in [-0.15, -0.1) is 0 Å². The lowest BCUT2D eigenvalue weighted by atomic mass is 10.1. The van der Waals surface area contributed by atoms with Crippen molar-refractivity contribution in [1.82, 2.24) is 15.5 Å². The Kier molecular flexibility index (Phi) is 4.91. The molecule has 6 nitrogen and oxygen atoms in total. The predicted octanol–water partition coefficient (Wildman–Crippen LogP) is 0.489. The molecule has 0 saturated heterocycles. The number of aromatic nitrogens is 2. The molecule has 1 aromatic rings. The van der Waals surface area contributed by atoms with Crippen LogP contribution in [0.3, 0.4) is 0 Å². The summed E-state index contributed by atoms with van der Waals surface area (Å²) in [6.45, 7) is 4.34. The molecule has 0 radical (unpaired) electrons. The molecule has 1 unspecified atom stereocenters. The van der Waals surface area contributed by atoms with Crippen LogP contribution in [-0.4, -0.2) is 28.6 Å². The minimum atomic E-state index is -0.301. The van der Waals surface area contributed by atoms with Crippen LogP contribution in [0.1, 0.15) is 43.2 Å². The van der Waals surface area contributed by atoms with Gasteiger partial charge in [0.15, 0.2) is 0 Å². The highest BCUT2D eigenvalue weighted by molar-refractivity contribution is 5.90. The van der Waals surface area contributed by atoms with E-state index in [0.29, 0.717) is 18.9 Å². The van der Waals surface area contributed by atoms with Crippen LogP contribution >= 0.6 is 0 Å². The van der Waals surface area contributed by atoms with E-state index >= 15 is 0 Å². The minimum Gasteiger partial charge on any atom is -0.349 e. The Morgan fingerprint density at radius 1 is 1.62 bits per heavy atom. The van der Waals surface area contributed by atoms with Crippen molar-refractivity contribution in [3.63, 3.8) is 0 Å². The molecule has 1 aromatic heterocycles. The first-order valence-corrected chi connectivity index (χ1v) is 5.49. The second-order valence-electron chi connectivity index (χ2n) is 3.74. The molecule has 0 aliphatic carbocycles. The third-order valence-corrected chi connectivity index (χ3v) is 2.06. The van der Waals surface area contributed by atoms with E-state index in [9.17, 15) is 4.79 Å². The van der Waals surface area contributed by atoms with Gasteiger partial charge in [-0.05, 0) is 26.7 Å². The maximum atomic E-state index is 11.3. The molecule has 1 amide bonds. The highest BCUT2D eigenvalue weighted by atomic mass is 16.5. The first-order chi connectivity index (χ1) is 7.63. The summed E-state index contributed by atoms with van der Waals surface area (Å²) in [4.78, 5) is 15.3. The molecule has 0 aromatic carbocycles. The Hall–Kier alpha value is -1.43. The highest BCUT2D eigenvalue weighted by Gasteiger charge is 2.13. The summed E-state index contributed by atoms with van der Waals surface area (Å²) >= 11 is 0. The number of carbonyl (C=O) groups excluding carboxylic acids is 1. The average Bonchev–Trinajstić information content (AvgIpc) is 2.66. The van der Waals surface area contributed by atoms with Gasteiger partial charge >= 0.3 is 0 Å². The lowest BCUT2D eigenvalue weighted by Crippen LogP contribution is -2.23. The second-order valence-corrected chi connectivity index (χ2v) is 3.74. The Bertz CT molecular complexity index is 335. The zero-order chi connectivity index (χ0) is 12.0. The standard InChI is InChI=1S/C10H18N4O2/c1-3-12-10(15)9-13-8(16-14-9)6-4-5-7(2)11/h7H,3-6,11H2,1-2H3,(H,12,15). The first-order valence-electron chi connectivity index (χ1n) is 5.49. The average molecular weight is 226 g/mol. The van der Waals surface area contributed by atoms with E-state index in [1.807, 2.05) is 13.8 Å². The van der Waals surface area contributed by atoms with Gasteiger partial charge in [0.2, 0.25) is 5.89 Å². The number of amides is 1. The molecule has 0 aliphatic rings. The molecule has 0 aliphatic heterocycles. The quantitative estimate of drug-likeness (QED) is 0.736. The summed E-state index contributed by atoms with van der Waals surface area (Å²) in [6, 6.07) is 0.172. The summed E-state index contributed by atoms with van der Waals surface area (Å²) in [5.74, 6) is 0.282. The monoisotopic (exact) mass is 226 g/mol. The van der Waals surface area contributed by atoms with Crippen molar-refractivity contribution in [2.75, 3.05) is 6.54 Å². The number of rotatable bonds is 6. The molecular weight excluding hydrogens is 208 g/mol. The van der Waals surface area contributed by atoms with Gasteiger partial charge in [-0.2, -0.15) is 4.98 Å². The minimum absolute atomic E-state index is 0.0950. The van der Waals surface area contributed by atoms with Gasteiger partial charge in [0.1, 0.15) is 0 Å². The Morgan fingerprint density at radius 2 is 2.38 bits per heavy atom. The van der Waals surface area contributed by atoms with Crippen LogP contribution in [0.2, 0.25) is 0 Å². The number of nitrogens with two attached hydrogens (primary N) is 1. The van der Waals surface area contributed by atoms with Crippen molar-refractivity contribution in [3.05, 3.63) is 11.7 Å². The summed E-state index contributed by atoms with van der Waals surface area (Å²) in [5.41, 5.74) is 5.62. The van der Waals surface area contributed by atoms with Crippen LogP contribution in [0, 0.1) is 0 Å². The van der Waals surface area contributed by atoms with Crippen molar-refractivity contribution in [2.24, 2.45) is 5.73 Å². The summed E-state index contributed by atoms with van der Waals surface area (Å²) in [5, 5.41) is 6.21. The maximum Gasteiger partial charge on any atom is 0.292 e. The largest absolute Gasteiger partial charge is 0.349 e. The first kappa shape index (κ1) is 12.6. The van der Waals surface area contributed by atoms with Crippen LogP contribution in [0.15, 0.2) is 4.52 Å². The molecule has 0 fully saturated rings. The Balaban J connectivity index is 2.42. The van der Waals surface area contributed by atoms with E-state index in [0.717, 1.165) is 12.8 Å². The van der Waals surface area contributed by atoms with Crippen molar-refractivity contribution in [1.29, 1.82) is 0 Å². The third kappa shape index (κ3) is 3.98. The zero-order valence-electron chi connectivity index (χ0n) is 9.69. The molecule has 3 N–H and O–H groups in total. The number of carbonyl (C=O) groups is 1. The van der Waals surface area contributed by atoms with Crippen LogP contribution in [0.25, 0.3) is 0 Å². The fourth-order valence-electron chi connectivity index (χ4n) is 1.26. The fourth-order valence-corrected chi connectivity index (χ4v) is 1.26. The molecule has 0 spiro atoms. The Morgan fingerprint density at radius 3 is 3.00 bits per heavy atom. The van der Waals surface area contributed by atoms with Gasteiger partial charge in [-0.1, -0.05) is 5.16 Å². The molecule has 1 atom stereocenters. The SMILES string of the molecule is CCNC(=O)c1noc(CCCC(C)N)n1. The van der Waals surface area contributed by atoms with E-state index in [4.69, 9.17) is 10.3 Å². The smallest absolute Gasteiger partial charge is 0.292 e. The second kappa shape index (κ2) is 6.22. The molecule has 0 bridgehead atoms. The van der Waals surface area contributed by atoms with Crippen molar-refractivity contribution >= 4 is 5.91 Å². The summed E-state index contributed by atoms with van der Waals surface area (Å²) in [7, 11) is 0. The molecule has 6 heteroatoms. The zero-order valence-corrected chi connectivity index (χ0v) is 9.69. The van der Waals surface area contributed by atoms with Crippen LogP contribution in [-0.2, 0) is 6.42 Å². The lowest BCUT2D eigenvalue weighted by Gasteiger charge is -2.00. The fraction of sp³-hybridized carbons (Fsp3) is 0.700. The van der Waals surface area contributed by atoms with Gasteiger partial charge in [0.25, 0.3) is 11.7 Å². The number of aryl methyl sites for hydroxylation is 1. The van der Waals surface area contributed by atoms with Gasteiger partial charge < -0.3 is 15.6 Å². The van der Waals surface area contributed by atoms with E-state index in [1.165, 1.54) is 0 Å². The van der Waals surface area contributed by atoms with Crippen LogP contribution in [0.5, 0.6) is 0 Å². The van der Waals surface area contributed by atoms with Gasteiger partial charge in [0, 0.05) is 19.0 Å². The van der Waals surface area contributed by atoms with Crippen molar-refractivity contribution in [2.45, 2.75) is 39.2 Å². The van der Waals surface area contributed by atoms with E-state index in [2.05, 4.69) is 15.5 Å². The molecule has 90 valence electrons. The Labute approximate surface area is 94.6 Å². The predicted molar refractivity (Wildman–Crippen MR) is 58.9 cm³/mol. The molecule has 1 rings (SSSR count). The molecular formula is C10H18N4O2. The van der Waals surface area contributed by atoms with Crippen LogP contribution < -0.4 is 11.1 Å². The van der Waals surface area contributed by atoms with Gasteiger partial charge in [0.05, 0.1) is 0 Å². The topological polar surface area (TPSA) is 94.0 Å². The van der Waals surface area contributed by atoms with Crippen molar-refractivity contribution in [3.8, 4) is 0 Å². The molecule has 0 saturated carbocycles. The number of nitrogens with one attached hydrogen (secondary N) is 1. The van der Waals surface area contributed by atoms with Gasteiger partial charge in [-0.3, -0.25) is 4.79 Å². The number of hydrogen-bond acceptors (Lipinski definition) is 5. The van der Waals surface area contributed by atoms with Crippen molar-refractivity contribution < 1.29 is 9.32 Å². The van der Waals surface area contributed by atoms with E-state index in [-0.39, 0.29) is 17.8 Å². The van der Waals surface area contributed by atoms with Crippen LogP contribution in [0.4, 0.5) is 0 Å². The van der Waals surface area contributed by atoms with E-state index in [1.54, 1.807) is 0 Å². The maximum absolute atomic E-state index is 11.3. The van der Waals surface area contributed by atoms with Gasteiger partial charge in [-0.25, -0.2) is 0 Å². The number of hydrogen-bond donors (Lipinski definition) is 2. The highest BCUT2D eigenvalue weighted by Crippen LogP contribution is 2.04. The normalized spacial score (nSPS) is 12.4. The van der Waals surface area contributed by atoms with E-state index < -0.39 is 0 Å². The number of nitrogens with zero attached hydrogens (tertiary/aromatic N) is 2.